The number of hydrogen-bond acceptors (Lipinski definition) is 4. The second-order valence-electron chi connectivity index (χ2n) is 8.06. The zero-order chi connectivity index (χ0) is 19.4. The first kappa shape index (κ1) is 20.4. The summed E-state index contributed by atoms with van der Waals surface area (Å²) >= 11 is 4.97. The Hall–Kier alpha value is -1.34. The number of benzene rings is 1. The van der Waals surface area contributed by atoms with Crippen molar-refractivity contribution in [3.05, 3.63) is 28.7 Å². The number of thioether (sulfide) groups is 1. The first-order valence-corrected chi connectivity index (χ1v) is 11.3. The van der Waals surface area contributed by atoms with E-state index < -0.39 is 0 Å². The first-order valence-electron chi connectivity index (χ1n) is 9.48. The molecule has 0 atom stereocenters. The van der Waals surface area contributed by atoms with Crippen LogP contribution in [-0.4, -0.2) is 32.0 Å². The van der Waals surface area contributed by atoms with E-state index in [1.54, 1.807) is 0 Å². The summed E-state index contributed by atoms with van der Waals surface area (Å²) in [7, 11) is 0. The number of hydrogen-bond donors (Lipinski definition) is 1. The standard InChI is InChI=1S/C20H27BrN4OS/c1-20(2,3)22-17(26)13-27-19-24-23-18(14-9-11-15(21)12-10-14)25(19)16-7-5-4-6-8-16/h9-12,16H,4-8,13H2,1-3H3,(H,22,26). The van der Waals surface area contributed by atoms with Crippen LogP contribution in [0.5, 0.6) is 0 Å². The van der Waals surface area contributed by atoms with Gasteiger partial charge in [0.15, 0.2) is 11.0 Å². The van der Waals surface area contributed by atoms with Gasteiger partial charge in [-0.3, -0.25) is 9.36 Å². The molecule has 1 fully saturated rings. The van der Waals surface area contributed by atoms with E-state index in [0.717, 1.165) is 33.9 Å². The molecule has 2 aromatic rings. The van der Waals surface area contributed by atoms with Gasteiger partial charge in [-0.25, -0.2) is 0 Å². The lowest BCUT2D eigenvalue weighted by molar-refractivity contribution is -0.119. The molecule has 5 nitrogen and oxygen atoms in total. The van der Waals surface area contributed by atoms with Gasteiger partial charge in [-0.1, -0.05) is 59.1 Å². The molecule has 0 radical (unpaired) electrons. The lowest BCUT2D eigenvalue weighted by atomic mass is 9.95. The molecule has 1 aromatic heterocycles. The van der Waals surface area contributed by atoms with E-state index in [9.17, 15) is 4.79 Å². The van der Waals surface area contributed by atoms with Crippen molar-refractivity contribution in [1.82, 2.24) is 20.1 Å². The number of nitrogens with one attached hydrogen (secondary N) is 1. The maximum Gasteiger partial charge on any atom is 0.230 e. The predicted molar refractivity (Wildman–Crippen MR) is 114 cm³/mol. The van der Waals surface area contributed by atoms with Crippen LogP contribution in [0.4, 0.5) is 0 Å². The predicted octanol–water partition coefficient (Wildman–Crippen LogP) is 5.22. The summed E-state index contributed by atoms with van der Waals surface area (Å²) in [5.74, 6) is 1.27. The number of nitrogens with zero attached hydrogens (tertiary/aromatic N) is 3. The van der Waals surface area contributed by atoms with Gasteiger partial charge in [0, 0.05) is 21.6 Å². The Morgan fingerprint density at radius 3 is 2.48 bits per heavy atom. The quantitative estimate of drug-likeness (QED) is 0.634. The maximum absolute atomic E-state index is 12.2. The van der Waals surface area contributed by atoms with Crippen LogP contribution in [0.2, 0.25) is 0 Å². The molecule has 1 heterocycles. The zero-order valence-electron chi connectivity index (χ0n) is 16.2. The fourth-order valence-electron chi connectivity index (χ4n) is 3.42. The van der Waals surface area contributed by atoms with Gasteiger partial charge in [-0.2, -0.15) is 0 Å². The molecule has 1 saturated carbocycles. The Kier molecular flexibility index (Phi) is 6.63. The van der Waals surface area contributed by atoms with Gasteiger partial charge in [-0.05, 0) is 45.7 Å². The smallest absolute Gasteiger partial charge is 0.230 e. The van der Waals surface area contributed by atoms with E-state index in [-0.39, 0.29) is 11.4 Å². The fourth-order valence-corrected chi connectivity index (χ4v) is 4.49. The SMILES string of the molecule is CC(C)(C)NC(=O)CSc1nnc(-c2ccc(Br)cc2)n1C1CCCCC1. The van der Waals surface area contributed by atoms with E-state index in [4.69, 9.17) is 0 Å². The summed E-state index contributed by atoms with van der Waals surface area (Å²) in [5.41, 5.74) is 0.833. The number of aromatic nitrogens is 3. The molecule has 0 unspecified atom stereocenters. The number of halogens is 1. The number of amides is 1. The Balaban J connectivity index is 1.84. The lowest BCUT2D eigenvalue weighted by Crippen LogP contribution is -2.41. The molecule has 1 aromatic carbocycles. The van der Waals surface area contributed by atoms with Crippen LogP contribution in [-0.2, 0) is 4.79 Å². The molecule has 0 aliphatic heterocycles. The summed E-state index contributed by atoms with van der Waals surface area (Å²) in [6, 6.07) is 8.58. The van der Waals surface area contributed by atoms with Crippen molar-refractivity contribution in [3.8, 4) is 11.4 Å². The van der Waals surface area contributed by atoms with E-state index in [0.29, 0.717) is 11.8 Å². The molecule has 1 N–H and O–H groups in total. The molecule has 7 heteroatoms. The van der Waals surface area contributed by atoms with Crippen LogP contribution in [0, 0.1) is 0 Å². The van der Waals surface area contributed by atoms with Crippen molar-refractivity contribution >= 4 is 33.6 Å². The van der Waals surface area contributed by atoms with E-state index >= 15 is 0 Å². The van der Waals surface area contributed by atoms with E-state index in [1.807, 2.05) is 32.9 Å². The van der Waals surface area contributed by atoms with Crippen molar-refractivity contribution in [2.24, 2.45) is 0 Å². The van der Waals surface area contributed by atoms with Crippen molar-refractivity contribution < 1.29 is 4.79 Å². The van der Waals surface area contributed by atoms with Gasteiger partial charge in [0.25, 0.3) is 0 Å². The highest BCUT2D eigenvalue weighted by atomic mass is 79.9. The minimum absolute atomic E-state index is 0.0240. The van der Waals surface area contributed by atoms with Gasteiger partial charge in [0.2, 0.25) is 5.91 Å². The molecule has 1 aliphatic carbocycles. The molecule has 0 spiro atoms. The van der Waals surface area contributed by atoms with Crippen molar-refractivity contribution in [2.45, 2.75) is 69.6 Å². The Bertz CT molecular complexity index is 776. The Morgan fingerprint density at radius 1 is 1.19 bits per heavy atom. The number of carbonyl (C=O) groups is 1. The average molecular weight is 451 g/mol. The molecular weight excluding hydrogens is 424 g/mol. The van der Waals surface area contributed by atoms with Crippen molar-refractivity contribution in [2.75, 3.05) is 5.75 Å². The highest BCUT2D eigenvalue weighted by Gasteiger charge is 2.24. The average Bonchev–Trinajstić information content (AvgIpc) is 3.04. The third kappa shape index (κ3) is 5.57. The second-order valence-corrected chi connectivity index (χ2v) is 9.92. The molecule has 1 aliphatic rings. The van der Waals surface area contributed by atoms with Gasteiger partial charge in [0.1, 0.15) is 0 Å². The topological polar surface area (TPSA) is 59.8 Å². The molecule has 0 bridgehead atoms. The van der Waals surface area contributed by atoms with E-state index in [2.05, 4.69) is 48.1 Å². The third-order valence-corrected chi connectivity index (χ3v) is 6.03. The maximum atomic E-state index is 12.2. The second kappa shape index (κ2) is 8.78. The minimum Gasteiger partial charge on any atom is -0.351 e. The first-order chi connectivity index (χ1) is 12.8. The van der Waals surface area contributed by atoms with Crippen LogP contribution in [0.1, 0.15) is 58.9 Å². The summed E-state index contributed by atoms with van der Waals surface area (Å²) in [5, 5.41) is 12.8. The zero-order valence-corrected chi connectivity index (χ0v) is 18.6. The third-order valence-electron chi connectivity index (χ3n) is 4.55. The summed E-state index contributed by atoms with van der Waals surface area (Å²) < 4.78 is 3.31. The molecule has 1 amide bonds. The van der Waals surface area contributed by atoms with Crippen LogP contribution in [0.15, 0.2) is 33.9 Å². The molecule has 0 saturated heterocycles. The van der Waals surface area contributed by atoms with Gasteiger partial charge in [0.05, 0.1) is 5.75 Å². The molecule has 27 heavy (non-hydrogen) atoms. The van der Waals surface area contributed by atoms with E-state index in [1.165, 1.54) is 31.0 Å². The highest BCUT2D eigenvalue weighted by molar-refractivity contribution is 9.10. The number of carbonyl (C=O) groups excluding carboxylic acids is 1. The Labute approximate surface area is 173 Å². The molecule has 3 rings (SSSR count). The van der Waals surface area contributed by atoms with Crippen molar-refractivity contribution in [1.29, 1.82) is 0 Å². The summed E-state index contributed by atoms with van der Waals surface area (Å²) in [6.45, 7) is 5.98. The van der Waals surface area contributed by atoms with Crippen LogP contribution < -0.4 is 5.32 Å². The fraction of sp³-hybridized carbons (Fsp3) is 0.550. The monoisotopic (exact) mass is 450 g/mol. The van der Waals surface area contributed by atoms with Crippen LogP contribution >= 0.6 is 27.7 Å². The van der Waals surface area contributed by atoms with Crippen LogP contribution in [0.25, 0.3) is 11.4 Å². The largest absolute Gasteiger partial charge is 0.351 e. The summed E-state index contributed by atoms with van der Waals surface area (Å²) in [4.78, 5) is 12.2. The van der Waals surface area contributed by atoms with Crippen molar-refractivity contribution in [3.63, 3.8) is 0 Å². The van der Waals surface area contributed by atoms with Crippen LogP contribution in [0.3, 0.4) is 0 Å². The number of rotatable bonds is 5. The molecular formula is C20H27BrN4OS. The van der Waals surface area contributed by atoms with Gasteiger partial charge in [-0.15, -0.1) is 10.2 Å². The Morgan fingerprint density at radius 2 is 1.85 bits per heavy atom. The lowest BCUT2D eigenvalue weighted by Gasteiger charge is -2.26. The summed E-state index contributed by atoms with van der Waals surface area (Å²) in [6.07, 6.45) is 6.05. The minimum atomic E-state index is -0.225. The normalized spacial score (nSPS) is 15.7. The van der Waals surface area contributed by atoms with Gasteiger partial charge < -0.3 is 5.32 Å². The van der Waals surface area contributed by atoms with Gasteiger partial charge >= 0.3 is 0 Å². The molecule has 146 valence electrons. The highest BCUT2D eigenvalue weighted by Crippen LogP contribution is 2.35.